The molecule has 0 bridgehead atoms. The topological polar surface area (TPSA) is 121 Å². The molecular weight excluding hydrogens is 565 g/mol. The molecule has 0 atom stereocenters. The largest absolute Gasteiger partial charge is 0.490 e. The van der Waals surface area contributed by atoms with Crippen LogP contribution < -0.4 is 30.6 Å². The number of nitrogens with zero attached hydrogens (tertiary/aromatic N) is 4. The van der Waals surface area contributed by atoms with Crippen molar-refractivity contribution in [2.75, 3.05) is 30.5 Å². The van der Waals surface area contributed by atoms with Crippen LogP contribution in [0.5, 0.6) is 17.2 Å². The number of fused-ring (bicyclic) bond motifs is 1. The first-order valence-electron chi connectivity index (χ1n) is 14.6. The highest BCUT2D eigenvalue weighted by atomic mass is 35.5. The van der Waals surface area contributed by atoms with Crippen molar-refractivity contribution in [3.05, 3.63) is 24.0 Å². The number of nitrogens with two attached hydrogens (primary N) is 1. The monoisotopic (exact) mass is 609 g/mol. The maximum absolute atomic E-state index is 6.14. The summed E-state index contributed by atoms with van der Waals surface area (Å²) in [6.07, 6.45) is 10.8. The van der Waals surface area contributed by atoms with Gasteiger partial charge in [0.1, 0.15) is 0 Å². The van der Waals surface area contributed by atoms with Gasteiger partial charge in [-0.15, -0.1) is 24.8 Å². The van der Waals surface area contributed by atoms with E-state index in [0.29, 0.717) is 67.7 Å². The average Bonchev–Trinajstić information content (AvgIpc) is 3.61. The molecule has 0 radical (unpaired) electrons. The summed E-state index contributed by atoms with van der Waals surface area (Å²) in [5.74, 6) is 3.36. The van der Waals surface area contributed by atoms with E-state index in [-0.39, 0.29) is 24.8 Å². The highest BCUT2D eigenvalue weighted by Gasteiger charge is 2.24. The number of nitrogens with one attached hydrogen (secondary N) is 2. The number of ether oxygens (including phenoxy) is 3. The number of hydrogen-bond donors (Lipinski definition) is 3. The minimum absolute atomic E-state index is 0. The van der Waals surface area contributed by atoms with Crippen molar-refractivity contribution < 1.29 is 14.2 Å². The fourth-order valence-electron chi connectivity index (χ4n) is 5.73. The van der Waals surface area contributed by atoms with Crippen LogP contribution in [-0.2, 0) is 6.54 Å². The molecule has 4 N–H and O–H groups in total. The van der Waals surface area contributed by atoms with Gasteiger partial charge in [-0.2, -0.15) is 9.97 Å². The van der Waals surface area contributed by atoms with Gasteiger partial charge in [0, 0.05) is 24.7 Å². The van der Waals surface area contributed by atoms with Gasteiger partial charge in [0.25, 0.3) is 0 Å². The van der Waals surface area contributed by atoms with E-state index < -0.39 is 0 Å². The molecule has 10 nitrogen and oxygen atoms in total. The van der Waals surface area contributed by atoms with Gasteiger partial charge in [-0.25, -0.2) is 4.98 Å². The Labute approximate surface area is 255 Å². The van der Waals surface area contributed by atoms with Crippen LogP contribution in [0.3, 0.4) is 0 Å². The normalized spacial score (nSPS) is 18.8. The summed E-state index contributed by atoms with van der Waals surface area (Å²) in [5, 5.41) is 7.14. The van der Waals surface area contributed by atoms with E-state index in [1.807, 2.05) is 39.2 Å². The summed E-state index contributed by atoms with van der Waals surface area (Å²) in [5.41, 5.74) is 8.81. The van der Waals surface area contributed by atoms with Crippen LogP contribution in [0.1, 0.15) is 83.7 Å². The van der Waals surface area contributed by atoms with E-state index in [2.05, 4.69) is 15.2 Å². The summed E-state index contributed by atoms with van der Waals surface area (Å²) in [4.78, 5) is 14.6. The molecule has 0 saturated heterocycles. The zero-order valence-corrected chi connectivity index (χ0v) is 26.0. The summed E-state index contributed by atoms with van der Waals surface area (Å²) in [7, 11) is 0. The Kier molecular flexibility index (Phi) is 12.4. The van der Waals surface area contributed by atoms with E-state index in [1.54, 1.807) is 0 Å². The van der Waals surface area contributed by atoms with Crippen LogP contribution in [0.2, 0.25) is 0 Å². The van der Waals surface area contributed by atoms with Gasteiger partial charge < -0.3 is 35.1 Å². The van der Waals surface area contributed by atoms with Crippen LogP contribution in [0.15, 0.2) is 18.5 Å². The van der Waals surface area contributed by atoms with E-state index in [0.717, 1.165) is 61.1 Å². The lowest BCUT2D eigenvalue weighted by molar-refractivity contribution is 0.260. The quantitative estimate of drug-likeness (QED) is 0.218. The molecule has 2 aliphatic carbocycles. The number of rotatable bonds is 12. The first-order valence-corrected chi connectivity index (χ1v) is 14.6. The first-order chi connectivity index (χ1) is 19.1. The highest BCUT2D eigenvalue weighted by Crippen LogP contribution is 2.39. The minimum Gasteiger partial charge on any atom is -0.490 e. The third kappa shape index (κ3) is 7.78. The van der Waals surface area contributed by atoms with Crippen molar-refractivity contribution in [2.45, 2.75) is 96.8 Å². The molecule has 41 heavy (non-hydrogen) atoms. The zero-order valence-electron chi connectivity index (χ0n) is 24.4. The maximum atomic E-state index is 6.14. The lowest BCUT2D eigenvalue weighted by atomic mass is 9.92. The van der Waals surface area contributed by atoms with Crippen LogP contribution >= 0.6 is 24.8 Å². The van der Waals surface area contributed by atoms with Crippen molar-refractivity contribution in [3.63, 3.8) is 0 Å². The standard InChI is InChI=1S/C29H43N7O3.2ClH/c1-4-37-23-15-19(16-24(38-5-2)26(23)39-6-3)17-31-27-25-28(36(18-32-25)22-9-7-8-10-22)35-29(34-27)33-21-13-11-20(30)12-14-21;;/h15-16,18,20-22H,4-14,17,30H2,1-3H3,(H2,31,33,34,35);2*1H. The van der Waals surface area contributed by atoms with E-state index in [9.17, 15) is 0 Å². The Morgan fingerprint density at radius 3 is 2.12 bits per heavy atom. The minimum atomic E-state index is 0. The zero-order chi connectivity index (χ0) is 27.2. The molecule has 2 fully saturated rings. The lowest BCUT2D eigenvalue weighted by Crippen LogP contribution is -2.33. The summed E-state index contributed by atoms with van der Waals surface area (Å²) >= 11 is 0. The fraction of sp³-hybridized carbons (Fsp3) is 0.621. The van der Waals surface area contributed by atoms with Crippen molar-refractivity contribution in [1.29, 1.82) is 0 Å². The molecule has 5 rings (SSSR count). The van der Waals surface area contributed by atoms with Crippen LogP contribution in [0, 0.1) is 0 Å². The SMILES string of the molecule is CCOc1cc(CNc2nc(NC3CCC(N)CC3)nc3c2ncn3C2CCCC2)cc(OCC)c1OCC.Cl.Cl. The molecule has 0 spiro atoms. The molecular formula is C29H45Cl2N7O3. The number of anilines is 2. The molecule has 1 aromatic carbocycles. The molecule has 0 amide bonds. The molecule has 3 aromatic rings. The summed E-state index contributed by atoms with van der Waals surface area (Å²) < 4.78 is 20.0. The molecule has 2 saturated carbocycles. The van der Waals surface area contributed by atoms with Crippen molar-refractivity contribution in [1.82, 2.24) is 19.5 Å². The Morgan fingerprint density at radius 1 is 0.878 bits per heavy atom. The second-order valence-corrected chi connectivity index (χ2v) is 10.5. The third-order valence-corrected chi connectivity index (χ3v) is 7.67. The van der Waals surface area contributed by atoms with E-state index in [1.165, 1.54) is 12.8 Å². The van der Waals surface area contributed by atoms with E-state index >= 15 is 0 Å². The van der Waals surface area contributed by atoms with Gasteiger partial charge in [0.2, 0.25) is 11.7 Å². The molecule has 2 aromatic heterocycles. The molecule has 2 heterocycles. The van der Waals surface area contributed by atoms with Gasteiger partial charge >= 0.3 is 0 Å². The van der Waals surface area contributed by atoms with E-state index in [4.69, 9.17) is 34.9 Å². The first kappa shape index (κ1) is 32.8. The van der Waals surface area contributed by atoms with Crippen LogP contribution in [0.25, 0.3) is 11.2 Å². The van der Waals surface area contributed by atoms with Crippen LogP contribution in [-0.4, -0.2) is 51.4 Å². The second kappa shape index (κ2) is 15.5. The molecule has 12 heteroatoms. The summed E-state index contributed by atoms with van der Waals surface area (Å²) in [6, 6.07) is 5.07. The third-order valence-electron chi connectivity index (χ3n) is 7.67. The Morgan fingerprint density at radius 2 is 1.51 bits per heavy atom. The van der Waals surface area contributed by atoms with Crippen LogP contribution in [0.4, 0.5) is 11.8 Å². The number of imidazole rings is 1. The summed E-state index contributed by atoms with van der Waals surface area (Å²) in [6.45, 7) is 8.01. The Hall–Kier alpha value is -2.69. The predicted octanol–water partition coefficient (Wildman–Crippen LogP) is 6.28. The second-order valence-electron chi connectivity index (χ2n) is 10.5. The predicted molar refractivity (Wildman–Crippen MR) is 168 cm³/mol. The number of aromatic nitrogens is 4. The highest BCUT2D eigenvalue weighted by molar-refractivity contribution is 5.86. The average molecular weight is 611 g/mol. The molecule has 2 aliphatic rings. The number of hydrogen-bond acceptors (Lipinski definition) is 9. The Bertz CT molecular complexity index is 1220. The van der Waals surface area contributed by atoms with Gasteiger partial charge in [0.05, 0.1) is 26.1 Å². The van der Waals surface area contributed by atoms with Gasteiger partial charge in [-0.1, -0.05) is 12.8 Å². The smallest absolute Gasteiger partial charge is 0.227 e. The molecule has 0 aliphatic heterocycles. The van der Waals surface area contributed by atoms with Gasteiger partial charge in [0.15, 0.2) is 28.5 Å². The fourth-order valence-corrected chi connectivity index (χ4v) is 5.73. The van der Waals surface area contributed by atoms with Crippen molar-refractivity contribution in [2.24, 2.45) is 5.73 Å². The molecule has 228 valence electrons. The van der Waals surface area contributed by atoms with Gasteiger partial charge in [-0.05, 0) is 77.0 Å². The van der Waals surface area contributed by atoms with Crippen molar-refractivity contribution >= 4 is 47.7 Å². The lowest BCUT2D eigenvalue weighted by Gasteiger charge is -2.27. The maximum Gasteiger partial charge on any atom is 0.227 e. The number of halogens is 2. The van der Waals surface area contributed by atoms with Gasteiger partial charge in [-0.3, -0.25) is 0 Å². The Balaban J connectivity index is 0.00000231. The molecule has 0 unspecified atom stereocenters. The van der Waals surface area contributed by atoms with Crippen molar-refractivity contribution in [3.8, 4) is 17.2 Å². The number of benzene rings is 1.